The minimum Gasteiger partial charge on any atom is -0.378 e. The van der Waals surface area contributed by atoms with Crippen LogP contribution in [0.3, 0.4) is 0 Å². The number of hydrogen-bond donors (Lipinski definition) is 2. The number of ether oxygens (including phenoxy) is 1. The molecule has 2 fully saturated rings. The molecule has 1 aliphatic carbocycles. The number of nitrogens with one attached hydrogen (secondary N) is 2. The molecule has 2 amide bonds. The van der Waals surface area contributed by atoms with Crippen LogP contribution in [0.2, 0.25) is 0 Å². The third-order valence-electron chi connectivity index (χ3n) is 4.86. The summed E-state index contributed by atoms with van der Waals surface area (Å²) in [7, 11) is 0. The van der Waals surface area contributed by atoms with E-state index in [4.69, 9.17) is 4.74 Å². The molecule has 1 aromatic rings. The van der Waals surface area contributed by atoms with Crippen molar-refractivity contribution >= 4 is 6.03 Å². The molecule has 0 spiro atoms. The Bertz CT molecular complexity index is 592. The molecule has 132 valence electrons. The second kappa shape index (κ2) is 7.47. The number of hydrogen-bond acceptors (Lipinski definition) is 2. The summed E-state index contributed by atoms with van der Waals surface area (Å²) < 4.78 is 32.4. The van der Waals surface area contributed by atoms with Crippen LogP contribution in [0, 0.1) is 17.6 Å². The van der Waals surface area contributed by atoms with E-state index in [0.29, 0.717) is 24.6 Å². The van der Waals surface area contributed by atoms with E-state index in [0.717, 1.165) is 18.9 Å². The SMILES string of the molecule is C[C@H](CNC(=O)N[C@H]1CCO[C@H](C2CC2)C1)c1ccc(F)cc1F. The zero-order chi connectivity index (χ0) is 17.1. The highest BCUT2D eigenvalue weighted by atomic mass is 19.1. The maximum atomic E-state index is 13.7. The van der Waals surface area contributed by atoms with Crippen LogP contribution in [0.25, 0.3) is 0 Å². The molecule has 0 bridgehead atoms. The highest BCUT2D eigenvalue weighted by Crippen LogP contribution is 2.38. The lowest BCUT2D eigenvalue weighted by Crippen LogP contribution is -2.47. The number of carbonyl (C=O) groups excluding carboxylic acids is 1. The molecule has 2 aliphatic rings. The second-order valence-electron chi connectivity index (χ2n) is 6.89. The van der Waals surface area contributed by atoms with Crippen LogP contribution >= 0.6 is 0 Å². The fraction of sp³-hybridized carbons (Fsp3) is 0.611. The summed E-state index contributed by atoms with van der Waals surface area (Å²) in [5.74, 6) is -0.746. The Morgan fingerprint density at radius 3 is 2.83 bits per heavy atom. The number of amides is 2. The lowest BCUT2D eigenvalue weighted by Gasteiger charge is -2.30. The Labute approximate surface area is 141 Å². The molecule has 2 N–H and O–H groups in total. The number of halogens is 2. The van der Waals surface area contributed by atoms with Gasteiger partial charge >= 0.3 is 6.03 Å². The maximum absolute atomic E-state index is 13.7. The standard InChI is InChI=1S/C18H24F2N2O2/c1-11(15-5-4-13(19)8-16(15)20)10-21-18(23)22-14-6-7-24-17(9-14)12-2-3-12/h4-5,8,11-12,14,17H,2-3,6-7,9-10H2,1H3,(H2,21,22,23)/t11-,14+,17+/m1/s1. The number of rotatable bonds is 5. The Balaban J connectivity index is 1.44. The average molecular weight is 338 g/mol. The Hall–Kier alpha value is -1.69. The first-order valence-electron chi connectivity index (χ1n) is 8.64. The van der Waals surface area contributed by atoms with Gasteiger partial charge in [-0.3, -0.25) is 0 Å². The molecule has 0 radical (unpaired) electrons. The smallest absolute Gasteiger partial charge is 0.315 e. The summed E-state index contributed by atoms with van der Waals surface area (Å²) in [6.45, 7) is 2.78. The quantitative estimate of drug-likeness (QED) is 0.865. The Morgan fingerprint density at radius 1 is 1.33 bits per heavy atom. The summed E-state index contributed by atoms with van der Waals surface area (Å²) in [4.78, 5) is 12.1. The number of benzene rings is 1. The zero-order valence-corrected chi connectivity index (χ0v) is 13.9. The topological polar surface area (TPSA) is 50.4 Å². The van der Waals surface area contributed by atoms with Crippen molar-refractivity contribution in [3.8, 4) is 0 Å². The van der Waals surface area contributed by atoms with Crippen LogP contribution in [0.1, 0.15) is 44.1 Å². The van der Waals surface area contributed by atoms with E-state index in [1.54, 1.807) is 6.92 Å². The van der Waals surface area contributed by atoms with E-state index in [-0.39, 0.29) is 24.1 Å². The maximum Gasteiger partial charge on any atom is 0.315 e. The molecule has 0 aromatic heterocycles. The predicted molar refractivity (Wildman–Crippen MR) is 86.8 cm³/mol. The van der Waals surface area contributed by atoms with Gasteiger partial charge in [0.05, 0.1) is 6.10 Å². The first kappa shape index (κ1) is 17.1. The molecular weight excluding hydrogens is 314 g/mol. The van der Waals surface area contributed by atoms with Gasteiger partial charge in [-0.1, -0.05) is 13.0 Å². The van der Waals surface area contributed by atoms with Gasteiger partial charge in [0.1, 0.15) is 11.6 Å². The molecule has 6 heteroatoms. The van der Waals surface area contributed by atoms with Crippen molar-refractivity contribution in [2.75, 3.05) is 13.2 Å². The van der Waals surface area contributed by atoms with Crippen molar-refractivity contribution in [1.82, 2.24) is 10.6 Å². The van der Waals surface area contributed by atoms with E-state index in [1.807, 2.05) is 0 Å². The molecule has 24 heavy (non-hydrogen) atoms. The van der Waals surface area contributed by atoms with Gasteiger partial charge in [0, 0.05) is 31.2 Å². The van der Waals surface area contributed by atoms with E-state index < -0.39 is 11.6 Å². The summed E-state index contributed by atoms with van der Waals surface area (Å²) in [5.41, 5.74) is 0.400. The molecule has 1 aromatic carbocycles. The molecule has 1 saturated carbocycles. The van der Waals surface area contributed by atoms with Crippen LogP contribution in [-0.2, 0) is 4.74 Å². The third-order valence-corrected chi connectivity index (χ3v) is 4.86. The summed E-state index contributed by atoms with van der Waals surface area (Å²) in [6.07, 6.45) is 4.41. The van der Waals surface area contributed by atoms with Crippen molar-refractivity contribution < 1.29 is 18.3 Å². The molecule has 4 nitrogen and oxygen atoms in total. The van der Waals surface area contributed by atoms with Gasteiger partial charge in [0.15, 0.2) is 0 Å². The van der Waals surface area contributed by atoms with Crippen LogP contribution in [0.15, 0.2) is 18.2 Å². The molecule has 0 unspecified atom stereocenters. The third kappa shape index (κ3) is 4.44. The fourth-order valence-corrected chi connectivity index (χ4v) is 3.25. The van der Waals surface area contributed by atoms with E-state index in [2.05, 4.69) is 10.6 Å². The monoisotopic (exact) mass is 338 g/mol. The van der Waals surface area contributed by atoms with Gasteiger partial charge in [0.25, 0.3) is 0 Å². The molecular formula is C18H24F2N2O2. The molecule has 1 aliphatic heterocycles. The van der Waals surface area contributed by atoms with Gasteiger partial charge in [-0.15, -0.1) is 0 Å². The van der Waals surface area contributed by atoms with E-state index >= 15 is 0 Å². The highest BCUT2D eigenvalue weighted by Gasteiger charge is 2.36. The number of carbonyl (C=O) groups is 1. The zero-order valence-electron chi connectivity index (χ0n) is 13.9. The molecule has 1 saturated heterocycles. The van der Waals surface area contributed by atoms with Crippen molar-refractivity contribution in [2.24, 2.45) is 5.92 Å². The Morgan fingerprint density at radius 2 is 2.12 bits per heavy atom. The number of urea groups is 1. The van der Waals surface area contributed by atoms with Crippen LogP contribution in [0.5, 0.6) is 0 Å². The average Bonchev–Trinajstić information content (AvgIpc) is 3.38. The van der Waals surface area contributed by atoms with Gasteiger partial charge in [0.2, 0.25) is 0 Å². The van der Waals surface area contributed by atoms with Crippen LogP contribution in [0.4, 0.5) is 13.6 Å². The van der Waals surface area contributed by atoms with Crippen molar-refractivity contribution in [3.05, 3.63) is 35.4 Å². The highest BCUT2D eigenvalue weighted by molar-refractivity contribution is 5.74. The first-order valence-corrected chi connectivity index (χ1v) is 8.64. The normalized spacial score (nSPS) is 25.1. The summed E-state index contributed by atoms with van der Waals surface area (Å²) >= 11 is 0. The van der Waals surface area contributed by atoms with E-state index in [9.17, 15) is 13.6 Å². The summed E-state index contributed by atoms with van der Waals surface area (Å²) in [6, 6.07) is 3.40. The van der Waals surface area contributed by atoms with Gasteiger partial charge < -0.3 is 15.4 Å². The minimum absolute atomic E-state index is 0.127. The predicted octanol–water partition coefficient (Wildman–Crippen LogP) is 3.33. The largest absolute Gasteiger partial charge is 0.378 e. The van der Waals surface area contributed by atoms with Gasteiger partial charge in [-0.05, 0) is 43.2 Å². The van der Waals surface area contributed by atoms with Gasteiger partial charge in [-0.25, -0.2) is 13.6 Å². The van der Waals surface area contributed by atoms with Crippen molar-refractivity contribution in [2.45, 2.75) is 50.7 Å². The summed E-state index contributed by atoms with van der Waals surface area (Å²) in [5, 5.41) is 5.76. The first-order chi connectivity index (χ1) is 11.5. The lowest BCUT2D eigenvalue weighted by molar-refractivity contribution is -0.00914. The van der Waals surface area contributed by atoms with Crippen LogP contribution < -0.4 is 10.6 Å². The van der Waals surface area contributed by atoms with E-state index in [1.165, 1.54) is 25.0 Å². The minimum atomic E-state index is -0.598. The van der Waals surface area contributed by atoms with Crippen LogP contribution in [-0.4, -0.2) is 31.3 Å². The molecule has 1 heterocycles. The van der Waals surface area contributed by atoms with Gasteiger partial charge in [-0.2, -0.15) is 0 Å². The molecule has 3 rings (SSSR count). The fourth-order valence-electron chi connectivity index (χ4n) is 3.25. The second-order valence-corrected chi connectivity index (χ2v) is 6.89. The lowest BCUT2D eigenvalue weighted by atomic mass is 10.00. The molecule has 3 atom stereocenters. The van der Waals surface area contributed by atoms with Crippen molar-refractivity contribution in [1.29, 1.82) is 0 Å². The van der Waals surface area contributed by atoms with Crippen molar-refractivity contribution in [3.63, 3.8) is 0 Å². The Kier molecular flexibility index (Phi) is 5.33.